The molecule has 0 unspecified atom stereocenters. The zero-order valence-corrected chi connectivity index (χ0v) is 19.6. The molecule has 2 aromatic heterocycles. The molecule has 0 radical (unpaired) electrons. The van der Waals surface area contributed by atoms with Gasteiger partial charge in [-0.1, -0.05) is 23.4 Å². The second-order valence-electron chi connectivity index (χ2n) is 8.86. The summed E-state index contributed by atoms with van der Waals surface area (Å²) in [5.41, 5.74) is -0.167. The summed E-state index contributed by atoms with van der Waals surface area (Å²) < 4.78 is 17.3. The lowest BCUT2D eigenvalue weighted by molar-refractivity contribution is -0.211. The minimum atomic E-state index is -0.607. The van der Waals surface area contributed by atoms with E-state index in [-0.39, 0.29) is 12.0 Å². The van der Waals surface area contributed by atoms with E-state index >= 15 is 0 Å². The number of aromatic nitrogens is 3. The zero-order chi connectivity index (χ0) is 23.1. The normalized spacial score (nSPS) is 26.1. The third-order valence-corrected chi connectivity index (χ3v) is 7.78. The maximum Gasteiger partial charge on any atom is 0.324 e. The molecule has 0 spiro atoms. The number of carbonyl (C=O) groups excluding carboxylic acids is 2. The molecule has 0 atom stereocenters. The van der Waals surface area contributed by atoms with Gasteiger partial charge in [0.1, 0.15) is 5.60 Å². The summed E-state index contributed by atoms with van der Waals surface area (Å²) in [7, 11) is 1.57. The minimum Gasteiger partial charge on any atom is -0.465 e. The van der Waals surface area contributed by atoms with E-state index in [4.69, 9.17) is 19.0 Å². The van der Waals surface area contributed by atoms with Crippen LogP contribution in [0.5, 0.6) is 0 Å². The van der Waals surface area contributed by atoms with Crippen molar-refractivity contribution < 1.29 is 23.6 Å². The number of anilines is 2. The number of carbonyl (C=O) groups is 2. The smallest absolute Gasteiger partial charge is 0.324 e. The maximum absolute atomic E-state index is 12.6. The fraction of sp³-hybridized carbons (Fsp3) is 0.667. The molecule has 6 rings (SSSR count). The molecule has 11 nitrogen and oxygen atoms in total. The number of esters is 1. The second-order valence-corrected chi connectivity index (χ2v) is 9.95. The van der Waals surface area contributed by atoms with Crippen LogP contribution in [-0.4, -0.2) is 53.9 Å². The fourth-order valence-corrected chi connectivity index (χ4v) is 5.72. The van der Waals surface area contributed by atoms with Crippen LogP contribution in [0.1, 0.15) is 55.4 Å². The maximum atomic E-state index is 12.6. The summed E-state index contributed by atoms with van der Waals surface area (Å²) in [6, 6.07) is 0.161. The Kier molecular flexibility index (Phi) is 5.73. The molecule has 2 aromatic rings. The standard InChI is InChI=1S/C21H28N6O5S/c1-3-10-30-16(28)20-5-7-21(8-6-20,31-12-20)15-24-19(32-26-15)27-9-4-13-14(11-27)33-18(23-13)25-17(29)22-2/h3-12H2,1-2H3,(H2,22,23,25,29). The summed E-state index contributed by atoms with van der Waals surface area (Å²) in [5, 5.41) is 10.1. The quantitative estimate of drug-likeness (QED) is 0.604. The van der Waals surface area contributed by atoms with Gasteiger partial charge in [-0.2, -0.15) is 4.98 Å². The van der Waals surface area contributed by atoms with Crippen LogP contribution < -0.4 is 15.5 Å². The highest BCUT2D eigenvalue weighted by molar-refractivity contribution is 7.15. The van der Waals surface area contributed by atoms with Gasteiger partial charge in [-0.3, -0.25) is 10.1 Å². The van der Waals surface area contributed by atoms with Crippen LogP contribution in [0.4, 0.5) is 15.9 Å². The number of nitrogens with one attached hydrogen (secondary N) is 2. The topological polar surface area (TPSA) is 132 Å². The Morgan fingerprint density at radius 2 is 2.06 bits per heavy atom. The van der Waals surface area contributed by atoms with Crippen molar-refractivity contribution in [3.63, 3.8) is 0 Å². The van der Waals surface area contributed by atoms with Crippen LogP contribution in [-0.2, 0) is 32.8 Å². The molecule has 3 fully saturated rings. The number of hydrogen-bond acceptors (Lipinski definition) is 10. The Hall–Kier alpha value is -2.73. The first kappa shape index (κ1) is 22.1. The molecule has 33 heavy (non-hydrogen) atoms. The van der Waals surface area contributed by atoms with Crippen molar-refractivity contribution >= 4 is 34.5 Å². The average Bonchev–Trinajstić information content (AvgIpc) is 3.50. The van der Waals surface area contributed by atoms with Gasteiger partial charge < -0.3 is 24.2 Å². The fourth-order valence-electron chi connectivity index (χ4n) is 4.70. The van der Waals surface area contributed by atoms with Gasteiger partial charge >= 0.3 is 18.0 Å². The lowest BCUT2D eigenvalue weighted by Gasteiger charge is -2.49. The molecule has 0 aromatic carbocycles. The molecule has 12 heteroatoms. The van der Waals surface area contributed by atoms with Crippen molar-refractivity contribution in [2.75, 3.05) is 37.0 Å². The molecule has 4 aliphatic rings. The highest BCUT2D eigenvalue weighted by atomic mass is 32.1. The first-order valence-electron chi connectivity index (χ1n) is 11.3. The Balaban J connectivity index is 1.26. The number of nitrogens with zero attached hydrogens (tertiary/aromatic N) is 4. The monoisotopic (exact) mass is 476 g/mol. The van der Waals surface area contributed by atoms with Crippen molar-refractivity contribution in [2.45, 2.75) is 57.6 Å². The lowest BCUT2D eigenvalue weighted by atomic mass is 9.66. The third-order valence-electron chi connectivity index (χ3n) is 6.78. The van der Waals surface area contributed by atoms with Crippen LogP contribution >= 0.6 is 11.3 Å². The van der Waals surface area contributed by atoms with E-state index in [1.165, 1.54) is 11.3 Å². The van der Waals surface area contributed by atoms with Gasteiger partial charge in [-0.05, 0) is 32.1 Å². The van der Waals surface area contributed by atoms with Crippen LogP contribution in [0.2, 0.25) is 0 Å². The molecule has 1 aliphatic carbocycles. The van der Waals surface area contributed by atoms with Crippen LogP contribution in [0.3, 0.4) is 0 Å². The summed E-state index contributed by atoms with van der Waals surface area (Å²) in [4.78, 5) is 36.4. The van der Waals surface area contributed by atoms with E-state index in [2.05, 4.69) is 20.8 Å². The molecule has 2 bridgehead atoms. The van der Waals surface area contributed by atoms with Gasteiger partial charge in [0.2, 0.25) is 5.82 Å². The van der Waals surface area contributed by atoms with Crippen molar-refractivity contribution in [3.05, 3.63) is 16.4 Å². The predicted molar refractivity (Wildman–Crippen MR) is 119 cm³/mol. The van der Waals surface area contributed by atoms with Crippen LogP contribution in [0, 0.1) is 5.41 Å². The number of fused-ring (bicyclic) bond motifs is 4. The first-order chi connectivity index (χ1) is 16.0. The first-order valence-corrected chi connectivity index (χ1v) is 12.2. The minimum absolute atomic E-state index is 0.148. The Morgan fingerprint density at radius 1 is 1.24 bits per heavy atom. The van der Waals surface area contributed by atoms with E-state index in [0.717, 1.165) is 23.4 Å². The summed E-state index contributed by atoms with van der Waals surface area (Å²) in [5.74, 6) is 0.398. The number of ether oxygens (including phenoxy) is 2. The van der Waals surface area contributed by atoms with E-state index in [1.54, 1.807) is 7.05 Å². The molecule has 2 N–H and O–H groups in total. The van der Waals surface area contributed by atoms with Gasteiger partial charge in [0.25, 0.3) is 0 Å². The lowest BCUT2D eigenvalue weighted by Crippen LogP contribution is -2.53. The summed E-state index contributed by atoms with van der Waals surface area (Å²) in [6.45, 7) is 4.04. The highest BCUT2D eigenvalue weighted by Crippen LogP contribution is 2.53. The molecule has 5 heterocycles. The SMILES string of the molecule is CCCOC(=O)C12CCC(c3noc(N4CCc5nc(NC(=O)NC)sc5C4)n3)(CC1)OC2. The number of rotatable bonds is 6. The second kappa shape index (κ2) is 8.56. The third kappa shape index (κ3) is 3.95. The van der Waals surface area contributed by atoms with E-state index in [0.29, 0.717) is 69.0 Å². The Labute approximate surface area is 195 Å². The van der Waals surface area contributed by atoms with E-state index < -0.39 is 11.0 Å². The molecule has 1 saturated carbocycles. The Morgan fingerprint density at radius 3 is 2.76 bits per heavy atom. The molecular weight excluding hydrogens is 448 g/mol. The van der Waals surface area contributed by atoms with Gasteiger partial charge in [-0.15, -0.1) is 0 Å². The van der Waals surface area contributed by atoms with Crippen LogP contribution in [0.15, 0.2) is 4.52 Å². The average molecular weight is 477 g/mol. The number of amides is 2. The number of hydrogen-bond donors (Lipinski definition) is 2. The number of thiazole rings is 1. The van der Waals surface area contributed by atoms with Crippen molar-refractivity contribution in [1.82, 2.24) is 20.4 Å². The Bertz CT molecular complexity index is 1030. The number of urea groups is 1. The van der Waals surface area contributed by atoms with E-state index in [9.17, 15) is 9.59 Å². The van der Waals surface area contributed by atoms with Crippen molar-refractivity contribution in [3.8, 4) is 0 Å². The van der Waals surface area contributed by atoms with Crippen molar-refractivity contribution in [1.29, 1.82) is 0 Å². The zero-order valence-electron chi connectivity index (χ0n) is 18.8. The summed E-state index contributed by atoms with van der Waals surface area (Å²) in [6.07, 6.45) is 4.27. The van der Waals surface area contributed by atoms with Gasteiger partial charge in [-0.25, -0.2) is 9.78 Å². The van der Waals surface area contributed by atoms with Gasteiger partial charge in [0.15, 0.2) is 5.13 Å². The largest absolute Gasteiger partial charge is 0.465 e. The van der Waals surface area contributed by atoms with E-state index in [1.807, 2.05) is 11.8 Å². The van der Waals surface area contributed by atoms with Gasteiger partial charge in [0.05, 0.1) is 30.9 Å². The van der Waals surface area contributed by atoms with Gasteiger partial charge in [0, 0.05) is 24.9 Å². The van der Waals surface area contributed by atoms with Crippen molar-refractivity contribution in [2.24, 2.45) is 5.41 Å². The molecule has 2 saturated heterocycles. The highest BCUT2D eigenvalue weighted by Gasteiger charge is 2.57. The predicted octanol–water partition coefficient (Wildman–Crippen LogP) is 2.58. The molecular formula is C21H28N6O5S. The molecule has 3 aliphatic heterocycles. The van der Waals surface area contributed by atoms with Crippen LogP contribution in [0.25, 0.3) is 0 Å². The molecule has 178 valence electrons. The summed E-state index contributed by atoms with van der Waals surface area (Å²) >= 11 is 1.45. The molecule has 2 amide bonds.